The summed E-state index contributed by atoms with van der Waals surface area (Å²) in [6, 6.07) is 6.51. The summed E-state index contributed by atoms with van der Waals surface area (Å²) in [5.41, 5.74) is 11.9. The van der Waals surface area contributed by atoms with Gasteiger partial charge in [0.05, 0.1) is 17.0 Å². The quantitative estimate of drug-likeness (QED) is 0.373. The third-order valence-corrected chi connectivity index (χ3v) is 7.33. The van der Waals surface area contributed by atoms with E-state index in [9.17, 15) is 13.4 Å². The molecule has 4 rings (SSSR count). The van der Waals surface area contributed by atoms with Gasteiger partial charge in [-0.25, -0.2) is 18.3 Å². The molecule has 2 bridgehead atoms. The molecule has 2 unspecified atom stereocenters. The van der Waals surface area contributed by atoms with E-state index < -0.39 is 28.6 Å². The smallest absolute Gasteiger partial charge is 0.224 e. The average molecular weight is 453 g/mol. The van der Waals surface area contributed by atoms with E-state index in [0.29, 0.717) is 17.1 Å². The Morgan fingerprint density at radius 3 is 2.90 bits per heavy atom. The zero-order chi connectivity index (χ0) is 21.4. The minimum absolute atomic E-state index is 0.0472. The molecule has 2 fully saturated rings. The predicted molar refractivity (Wildman–Crippen MR) is 112 cm³/mol. The number of hydrogen-bond donors (Lipinski definition) is 4. The first-order valence-corrected chi connectivity index (χ1v) is 11.1. The lowest BCUT2D eigenvalue weighted by Gasteiger charge is -2.35. The number of nitrogens with two attached hydrogens (primary N) is 2. The van der Waals surface area contributed by atoms with E-state index in [-0.39, 0.29) is 34.9 Å². The molecule has 0 spiro atoms. The second kappa shape index (κ2) is 8.44. The minimum atomic E-state index is -1.41. The van der Waals surface area contributed by atoms with Crippen molar-refractivity contribution in [2.24, 2.45) is 29.4 Å². The lowest BCUT2D eigenvalue weighted by atomic mass is 9.78. The number of nitrogen functional groups attached to an aromatic ring is 1. The van der Waals surface area contributed by atoms with Crippen molar-refractivity contribution in [3.05, 3.63) is 41.6 Å². The molecule has 2 aliphatic carbocycles. The molecule has 0 radical (unpaired) electrons. The fourth-order valence-electron chi connectivity index (χ4n) is 4.84. The molecule has 2 aromatic rings. The number of hydrogen-bond acceptors (Lipinski definition) is 6. The lowest BCUT2D eigenvalue weighted by molar-refractivity contribution is -0.123. The number of anilines is 2. The number of carbonyl (C=O) groups is 1. The van der Waals surface area contributed by atoms with E-state index in [4.69, 9.17) is 23.1 Å². The number of aromatic nitrogens is 2. The van der Waals surface area contributed by atoms with Gasteiger partial charge in [-0.05, 0) is 60.4 Å². The summed E-state index contributed by atoms with van der Waals surface area (Å²) in [7, 11) is -1.41. The molecule has 1 aromatic heterocycles. The lowest BCUT2D eigenvalue weighted by Crippen LogP contribution is -2.47. The molecule has 160 valence electrons. The Hall–Kier alpha value is -2.30. The van der Waals surface area contributed by atoms with Crippen molar-refractivity contribution in [1.82, 2.24) is 14.7 Å². The van der Waals surface area contributed by atoms with Crippen molar-refractivity contribution in [3.8, 4) is 0 Å². The van der Waals surface area contributed by atoms with Crippen LogP contribution in [0.5, 0.6) is 0 Å². The van der Waals surface area contributed by atoms with Crippen LogP contribution in [-0.4, -0.2) is 32.7 Å². The topological polar surface area (TPSA) is 136 Å². The molecular weight excluding hydrogens is 431 g/mol. The third kappa shape index (κ3) is 4.12. The summed E-state index contributed by atoms with van der Waals surface area (Å²) in [5.74, 6) is -1.27. The Morgan fingerprint density at radius 1 is 1.37 bits per heavy atom. The van der Waals surface area contributed by atoms with Gasteiger partial charge in [-0.1, -0.05) is 6.07 Å². The van der Waals surface area contributed by atoms with Crippen molar-refractivity contribution in [1.29, 1.82) is 0 Å². The number of nitrogens with zero attached hydrogens (tertiary/aromatic N) is 2. The SMILES string of the molecule is NC(=O)[C@H]1[C@@H]2CC(CNS(=O)c3cccc(N)c3)[C@@H](C2)[C@H]1Nc1nc(Cl)ncc1F. The number of nitrogens with one attached hydrogen (secondary N) is 2. The van der Waals surface area contributed by atoms with Crippen LogP contribution in [0.15, 0.2) is 35.4 Å². The van der Waals surface area contributed by atoms with Crippen LogP contribution >= 0.6 is 11.6 Å². The van der Waals surface area contributed by atoms with Gasteiger partial charge in [-0.15, -0.1) is 0 Å². The van der Waals surface area contributed by atoms with Crippen LogP contribution < -0.4 is 21.5 Å². The molecule has 0 aliphatic heterocycles. The number of benzene rings is 1. The van der Waals surface area contributed by atoms with E-state index in [1.807, 2.05) is 0 Å². The molecule has 6 atom stereocenters. The molecule has 2 saturated carbocycles. The van der Waals surface area contributed by atoms with Gasteiger partial charge in [0, 0.05) is 18.3 Å². The molecule has 1 heterocycles. The number of amides is 1. The molecule has 8 nitrogen and oxygen atoms in total. The standard InChI is InChI=1S/C19H22ClFN6O2S/c20-19-24-8-14(21)18(27-19)26-16-13-5-9(15(16)17(23)28)4-10(13)7-25-30(29)12-3-1-2-11(22)6-12/h1-3,6,8-10,13,15-16,25H,4-5,7,22H2,(H2,23,28)(H,24,26,27)/t9-,10?,13-,15+,16-,30?/m1/s1. The number of fused-ring (bicyclic) bond motifs is 2. The van der Waals surface area contributed by atoms with Crippen molar-refractivity contribution < 1.29 is 13.4 Å². The largest absolute Gasteiger partial charge is 0.399 e. The van der Waals surface area contributed by atoms with Gasteiger partial charge in [0.25, 0.3) is 0 Å². The number of rotatable bonds is 7. The Kier molecular flexibility index (Phi) is 5.90. The van der Waals surface area contributed by atoms with Crippen molar-refractivity contribution in [3.63, 3.8) is 0 Å². The second-order valence-electron chi connectivity index (χ2n) is 7.78. The summed E-state index contributed by atoms with van der Waals surface area (Å²) in [4.78, 5) is 20.2. The van der Waals surface area contributed by atoms with Crippen LogP contribution in [0.1, 0.15) is 12.8 Å². The van der Waals surface area contributed by atoms with Crippen LogP contribution in [0.2, 0.25) is 5.28 Å². The van der Waals surface area contributed by atoms with E-state index in [2.05, 4.69) is 20.0 Å². The average Bonchev–Trinajstić information content (AvgIpc) is 3.27. The summed E-state index contributed by atoms with van der Waals surface area (Å²) in [6.07, 6.45) is 2.55. The van der Waals surface area contributed by atoms with E-state index in [0.717, 1.165) is 19.0 Å². The maximum Gasteiger partial charge on any atom is 0.224 e. The third-order valence-electron chi connectivity index (χ3n) is 6.04. The van der Waals surface area contributed by atoms with Crippen molar-refractivity contribution in [2.75, 3.05) is 17.6 Å². The van der Waals surface area contributed by atoms with Gasteiger partial charge in [-0.2, -0.15) is 4.98 Å². The summed E-state index contributed by atoms with van der Waals surface area (Å²) in [6.45, 7) is 0.485. The predicted octanol–water partition coefficient (Wildman–Crippen LogP) is 1.70. The normalized spacial score (nSPS) is 28.4. The molecule has 6 N–H and O–H groups in total. The Balaban J connectivity index is 1.47. The van der Waals surface area contributed by atoms with Gasteiger partial charge >= 0.3 is 0 Å². The number of primary amides is 1. The maximum atomic E-state index is 14.1. The molecule has 11 heteroatoms. The van der Waals surface area contributed by atoms with E-state index in [1.165, 1.54) is 0 Å². The van der Waals surface area contributed by atoms with Gasteiger partial charge in [0.1, 0.15) is 11.0 Å². The van der Waals surface area contributed by atoms with Gasteiger partial charge in [0.2, 0.25) is 11.2 Å². The second-order valence-corrected chi connectivity index (χ2v) is 9.41. The monoisotopic (exact) mass is 452 g/mol. The van der Waals surface area contributed by atoms with E-state index in [1.54, 1.807) is 24.3 Å². The van der Waals surface area contributed by atoms with Crippen molar-refractivity contribution in [2.45, 2.75) is 23.8 Å². The van der Waals surface area contributed by atoms with Crippen LogP contribution in [0.4, 0.5) is 15.9 Å². The minimum Gasteiger partial charge on any atom is -0.399 e. The summed E-state index contributed by atoms with van der Waals surface area (Å²) >= 11 is 5.79. The first-order valence-electron chi connectivity index (χ1n) is 9.58. The molecular formula is C19H22ClFN6O2S. The van der Waals surface area contributed by atoms with Gasteiger partial charge < -0.3 is 16.8 Å². The molecule has 0 saturated heterocycles. The van der Waals surface area contributed by atoms with Crippen LogP contribution in [0.3, 0.4) is 0 Å². The highest BCUT2D eigenvalue weighted by Gasteiger charge is 2.54. The fourth-order valence-corrected chi connectivity index (χ4v) is 5.95. The number of carbonyl (C=O) groups excluding carboxylic acids is 1. The Labute approximate surface area is 180 Å². The molecule has 1 amide bonds. The van der Waals surface area contributed by atoms with Crippen LogP contribution in [0, 0.1) is 29.5 Å². The highest BCUT2D eigenvalue weighted by atomic mass is 35.5. The number of halogens is 2. The Bertz CT molecular complexity index is 995. The van der Waals surface area contributed by atoms with Crippen molar-refractivity contribution >= 4 is 40.0 Å². The maximum absolute atomic E-state index is 14.1. The highest BCUT2D eigenvalue weighted by Crippen LogP contribution is 2.52. The summed E-state index contributed by atoms with van der Waals surface area (Å²) in [5, 5.41) is 2.95. The van der Waals surface area contributed by atoms with Gasteiger partial charge in [-0.3, -0.25) is 4.79 Å². The zero-order valence-electron chi connectivity index (χ0n) is 15.9. The van der Waals surface area contributed by atoms with Crippen LogP contribution in [-0.2, 0) is 15.8 Å². The van der Waals surface area contributed by atoms with Gasteiger partial charge in [0.15, 0.2) is 11.6 Å². The molecule has 1 aromatic carbocycles. The molecule has 2 aliphatic rings. The molecule has 30 heavy (non-hydrogen) atoms. The highest BCUT2D eigenvalue weighted by molar-refractivity contribution is 7.83. The summed E-state index contributed by atoms with van der Waals surface area (Å²) < 4.78 is 29.8. The zero-order valence-corrected chi connectivity index (χ0v) is 17.5. The Morgan fingerprint density at radius 2 is 2.17 bits per heavy atom. The fraction of sp³-hybridized carbons (Fsp3) is 0.421. The van der Waals surface area contributed by atoms with E-state index >= 15 is 0 Å². The first kappa shape index (κ1) is 21.0. The first-order chi connectivity index (χ1) is 14.3. The van der Waals surface area contributed by atoms with Crippen LogP contribution in [0.25, 0.3) is 0 Å².